The summed E-state index contributed by atoms with van der Waals surface area (Å²) in [5.41, 5.74) is 0.176. The van der Waals surface area contributed by atoms with Gasteiger partial charge in [0.05, 0.1) is 6.54 Å². The van der Waals surface area contributed by atoms with Gasteiger partial charge in [-0.2, -0.15) is 0 Å². The highest BCUT2D eigenvalue weighted by molar-refractivity contribution is 5.85. The van der Waals surface area contributed by atoms with Crippen LogP contribution in [0.5, 0.6) is 0 Å². The van der Waals surface area contributed by atoms with Crippen LogP contribution in [0.15, 0.2) is 0 Å². The SMILES string of the molecule is CCCN(CC(=O)NCCC(C)(C)C)C(=O)CCCC(=O)C(C)C. The minimum atomic E-state index is -0.112. The minimum Gasteiger partial charge on any atom is -0.355 e. The van der Waals surface area contributed by atoms with Crippen LogP contribution in [0.4, 0.5) is 0 Å². The zero-order valence-electron chi connectivity index (χ0n) is 16.4. The van der Waals surface area contributed by atoms with E-state index in [2.05, 4.69) is 26.1 Å². The summed E-state index contributed by atoms with van der Waals surface area (Å²) < 4.78 is 0. The van der Waals surface area contributed by atoms with Gasteiger partial charge in [0.15, 0.2) is 0 Å². The summed E-state index contributed by atoms with van der Waals surface area (Å²) in [5, 5.41) is 2.89. The number of carbonyl (C=O) groups is 3. The quantitative estimate of drug-likeness (QED) is 0.628. The van der Waals surface area contributed by atoms with Gasteiger partial charge >= 0.3 is 0 Å². The molecule has 2 amide bonds. The van der Waals surface area contributed by atoms with Crippen molar-refractivity contribution in [3.63, 3.8) is 0 Å². The fourth-order valence-electron chi connectivity index (χ4n) is 2.23. The second-order valence-corrected chi connectivity index (χ2v) is 7.95. The lowest BCUT2D eigenvalue weighted by Crippen LogP contribution is -2.41. The van der Waals surface area contributed by atoms with Crippen molar-refractivity contribution in [1.29, 1.82) is 0 Å². The molecule has 0 aliphatic rings. The summed E-state index contributed by atoms with van der Waals surface area (Å²) in [4.78, 5) is 37.5. The average Bonchev–Trinajstić information content (AvgIpc) is 2.44. The standard InChI is InChI=1S/C19H36N2O3/c1-7-13-21(14-17(23)20-12-11-19(4,5)6)18(24)10-8-9-16(22)15(2)3/h15H,7-14H2,1-6H3,(H,20,23). The summed E-state index contributed by atoms with van der Waals surface area (Å²) in [6.07, 6.45) is 3.03. The maximum absolute atomic E-state index is 12.3. The molecule has 0 heterocycles. The highest BCUT2D eigenvalue weighted by atomic mass is 16.2. The third-order valence-corrected chi connectivity index (χ3v) is 3.84. The second kappa shape index (κ2) is 11.2. The highest BCUT2D eigenvalue weighted by Gasteiger charge is 2.17. The maximum atomic E-state index is 12.3. The van der Waals surface area contributed by atoms with Gasteiger partial charge in [0.1, 0.15) is 5.78 Å². The largest absolute Gasteiger partial charge is 0.355 e. The molecule has 0 rings (SSSR count). The van der Waals surface area contributed by atoms with Crippen molar-refractivity contribution >= 4 is 17.6 Å². The van der Waals surface area contributed by atoms with Crippen LogP contribution in [0.1, 0.15) is 73.6 Å². The number of ketones is 1. The van der Waals surface area contributed by atoms with E-state index in [1.54, 1.807) is 4.90 Å². The third-order valence-electron chi connectivity index (χ3n) is 3.84. The van der Waals surface area contributed by atoms with Gasteiger partial charge in [-0.1, -0.05) is 41.5 Å². The normalized spacial score (nSPS) is 11.5. The Kier molecular flexibility index (Phi) is 10.6. The molecule has 0 fully saturated rings. The van der Waals surface area contributed by atoms with Crippen molar-refractivity contribution in [3.8, 4) is 0 Å². The molecule has 24 heavy (non-hydrogen) atoms. The Morgan fingerprint density at radius 2 is 1.71 bits per heavy atom. The lowest BCUT2D eigenvalue weighted by atomic mass is 9.92. The molecule has 0 radical (unpaired) electrons. The van der Waals surface area contributed by atoms with Crippen LogP contribution < -0.4 is 5.32 Å². The second-order valence-electron chi connectivity index (χ2n) is 7.95. The fraction of sp³-hybridized carbons (Fsp3) is 0.842. The van der Waals surface area contributed by atoms with Gasteiger partial charge < -0.3 is 10.2 Å². The maximum Gasteiger partial charge on any atom is 0.239 e. The Morgan fingerprint density at radius 1 is 1.08 bits per heavy atom. The molecule has 0 atom stereocenters. The molecule has 5 nitrogen and oxygen atoms in total. The summed E-state index contributed by atoms with van der Waals surface area (Å²) in [5.74, 6) is 0.0453. The van der Waals surface area contributed by atoms with E-state index in [0.717, 1.165) is 12.8 Å². The van der Waals surface area contributed by atoms with Crippen molar-refractivity contribution in [1.82, 2.24) is 10.2 Å². The van der Waals surface area contributed by atoms with Crippen molar-refractivity contribution in [2.24, 2.45) is 11.3 Å². The first-order valence-electron chi connectivity index (χ1n) is 9.14. The Morgan fingerprint density at radius 3 is 2.21 bits per heavy atom. The van der Waals surface area contributed by atoms with Crippen LogP contribution in [0.2, 0.25) is 0 Å². The van der Waals surface area contributed by atoms with Crippen molar-refractivity contribution in [3.05, 3.63) is 0 Å². The van der Waals surface area contributed by atoms with Crippen LogP contribution in [-0.4, -0.2) is 42.1 Å². The van der Waals surface area contributed by atoms with E-state index in [4.69, 9.17) is 0 Å². The Hall–Kier alpha value is -1.39. The molecule has 0 aliphatic carbocycles. The molecular weight excluding hydrogens is 304 g/mol. The van der Waals surface area contributed by atoms with Gasteiger partial charge in [0.2, 0.25) is 11.8 Å². The molecule has 0 aromatic rings. The summed E-state index contributed by atoms with van der Waals surface area (Å²) in [7, 11) is 0. The summed E-state index contributed by atoms with van der Waals surface area (Å²) >= 11 is 0. The monoisotopic (exact) mass is 340 g/mol. The third kappa shape index (κ3) is 11.2. The topological polar surface area (TPSA) is 66.5 Å². The number of amides is 2. The number of hydrogen-bond acceptors (Lipinski definition) is 3. The molecule has 5 heteroatoms. The van der Waals surface area contributed by atoms with Crippen LogP contribution in [0.3, 0.4) is 0 Å². The highest BCUT2D eigenvalue weighted by Crippen LogP contribution is 2.16. The van der Waals surface area contributed by atoms with Crippen LogP contribution in [0.25, 0.3) is 0 Å². The molecule has 0 unspecified atom stereocenters. The number of hydrogen-bond donors (Lipinski definition) is 1. The van der Waals surface area contributed by atoms with E-state index in [1.165, 1.54) is 0 Å². The van der Waals surface area contributed by atoms with Gasteiger partial charge in [-0.15, -0.1) is 0 Å². The zero-order chi connectivity index (χ0) is 18.8. The smallest absolute Gasteiger partial charge is 0.239 e. The van der Waals surface area contributed by atoms with Gasteiger partial charge in [0, 0.05) is 31.8 Å². The van der Waals surface area contributed by atoms with E-state index in [1.807, 2.05) is 20.8 Å². The number of nitrogens with one attached hydrogen (secondary N) is 1. The van der Waals surface area contributed by atoms with Crippen LogP contribution in [0, 0.1) is 11.3 Å². The molecule has 0 saturated carbocycles. The van der Waals surface area contributed by atoms with Crippen LogP contribution >= 0.6 is 0 Å². The van der Waals surface area contributed by atoms with E-state index >= 15 is 0 Å². The van der Waals surface area contributed by atoms with E-state index in [0.29, 0.717) is 32.4 Å². The molecule has 1 N–H and O–H groups in total. The Bertz CT molecular complexity index is 411. The first kappa shape index (κ1) is 22.6. The van der Waals surface area contributed by atoms with Crippen molar-refractivity contribution in [2.45, 2.75) is 73.6 Å². The van der Waals surface area contributed by atoms with Gasteiger partial charge in [0.25, 0.3) is 0 Å². The van der Waals surface area contributed by atoms with Crippen molar-refractivity contribution in [2.75, 3.05) is 19.6 Å². The van der Waals surface area contributed by atoms with E-state index in [9.17, 15) is 14.4 Å². The first-order chi connectivity index (χ1) is 11.1. The van der Waals surface area contributed by atoms with E-state index in [-0.39, 0.29) is 35.5 Å². The first-order valence-corrected chi connectivity index (χ1v) is 9.14. The number of carbonyl (C=O) groups excluding carboxylic acids is 3. The Balaban J connectivity index is 4.28. The van der Waals surface area contributed by atoms with Gasteiger partial charge in [-0.05, 0) is 24.7 Å². The molecule has 0 aromatic heterocycles. The molecule has 140 valence electrons. The fourth-order valence-corrected chi connectivity index (χ4v) is 2.23. The summed E-state index contributed by atoms with van der Waals surface area (Å²) in [6, 6.07) is 0. The minimum absolute atomic E-state index is 0.0143. The molecule has 0 aliphatic heterocycles. The lowest BCUT2D eigenvalue weighted by Gasteiger charge is -2.23. The lowest BCUT2D eigenvalue weighted by molar-refractivity contribution is -0.136. The molecule has 0 spiro atoms. The number of rotatable bonds is 11. The molecular formula is C19H36N2O3. The summed E-state index contributed by atoms with van der Waals surface area (Å²) in [6.45, 7) is 13.4. The van der Waals surface area contributed by atoms with E-state index < -0.39 is 0 Å². The van der Waals surface area contributed by atoms with Crippen LogP contribution in [-0.2, 0) is 14.4 Å². The predicted molar refractivity (Wildman–Crippen MR) is 97.6 cm³/mol. The predicted octanol–water partition coefficient (Wildman–Crippen LogP) is 3.17. The number of nitrogens with zero attached hydrogens (tertiary/aromatic N) is 1. The van der Waals surface area contributed by atoms with Gasteiger partial charge in [-0.3, -0.25) is 14.4 Å². The van der Waals surface area contributed by atoms with Crippen molar-refractivity contribution < 1.29 is 14.4 Å². The molecule has 0 saturated heterocycles. The number of Topliss-reactive ketones (excluding diaryl/α,β-unsaturated/α-hetero) is 1. The zero-order valence-corrected chi connectivity index (χ0v) is 16.4. The molecule has 0 bridgehead atoms. The average molecular weight is 341 g/mol. The van der Waals surface area contributed by atoms with Gasteiger partial charge in [-0.25, -0.2) is 0 Å². The molecule has 0 aromatic carbocycles. The Labute approximate surface area is 147 Å².